The summed E-state index contributed by atoms with van der Waals surface area (Å²) >= 11 is 0. The second-order valence-corrected chi connectivity index (χ2v) is 6.66. The minimum atomic E-state index is -0.216. The summed E-state index contributed by atoms with van der Waals surface area (Å²) in [7, 11) is 0. The maximum absolute atomic E-state index is 13.5. The van der Waals surface area contributed by atoms with Crippen molar-refractivity contribution in [3.8, 4) is 0 Å². The van der Waals surface area contributed by atoms with Crippen LogP contribution in [-0.2, 0) is 25.9 Å². The molecule has 0 amide bonds. The molecule has 9 heteroatoms. The lowest BCUT2D eigenvalue weighted by Gasteiger charge is -2.11. The summed E-state index contributed by atoms with van der Waals surface area (Å²) in [6.45, 7) is 5.00. The molecule has 0 aliphatic carbocycles. The fraction of sp³-hybridized carbons (Fsp3) is 0.421. The average Bonchev–Trinajstić information content (AvgIpc) is 3.36. The van der Waals surface area contributed by atoms with Crippen LogP contribution >= 0.6 is 24.0 Å². The van der Waals surface area contributed by atoms with Gasteiger partial charge < -0.3 is 20.2 Å². The van der Waals surface area contributed by atoms with E-state index in [0.29, 0.717) is 13.1 Å². The van der Waals surface area contributed by atoms with E-state index < -0.39 is 0 Å². The SMILES string of the molecule is CCNC(=NCc1nnc2n1CCC2)NCCc1c[nH]c2ccc(F)cc12.I. The highest BCUT2D eigenvalue weighted by atomic mass is 127. The summed E-state index contributed by atoms with van der Waals surface area (Å²) in [5.74, 6) is 2.50. The fourth-order valence-corrected chi connectivity index (χ4v) is 3.49. The average molecular weight is 497 g/mol. The van der Waals surface area contributed by atoms with E-state index in [-0.39, 0.29) is 29.8 Å². The molecule has 0 saturated heterocycles. The Morgan fingerprint density at radius 3 is 3.07 bits per heavy atom. The van der Waals surface area contributed by atoms with Crippen LogP contribution in [0.2, 0.25) is 0 Å². The largest absolute Gasteiger partial charge is 0.361 e. The van der Waals surface area contributed by atoms with Crippen LogP contribution in [0.1, 0.15) is 30.6 Å². The molecule has 0 unspecified atom stereocenters. The molecule has 0 spiro atoms. The highest BCUT2D eigenvalue weighted by molar-refractivity contribution is 14.0. The van der Waals surface area contributed by atoms with Crippen molar-refractivity contribution in [2.45, 2.75) is 39.3 Å². The summed E-state index contributed by atoms with van der Waals surface area (Å²) in [5.41, 5.74) is 2.04. The van der Waals surface area contributed by atoms with Gasteiger partial charge in [-0.25, -0.2) is 9.38 Å². The number of aliphatic imine (C=N–C) groups is 1. The van der Waals surface area contributed by atoms with E-state index in [2.05, 4.69) is 35.4 Å². The van der Waals surface area contributed by atoms with Crippen molar-refractivity contribution in [3.05, 3.63) is 47.4 Å². The lowest BCUT2D eigenvalue weighted by Crippen LogP contribution is -2.38. The Bertz CT molecular complexity index is 963. The van der Waals surface area contributed by atoms with Gasteiger partial charge in [-0.3, -0.25) is 0 Å². The second-order valence-electron chi connectivity index (χ2n) is 6.66. The summed E-state index contributed by atoms with van der Waals surface area (Å²) in [4.78, 5) is 7.82. The van der Waals surface area contributed by atoms with Gasteiger partial charge in [-0.05, 0) is 43.5 Å². The highest BCUT2D eigenvalue weighted by Crippen LogP contribution is 2.19. The number of nitrogens with zero attached hydrogens (tertiary/aromatic N) is 4. The molecule has 3 heterocycles. The van der Waals surface area contributed by atoms with Crippen LogP contribution in [0.3, 0.4) is 0 Å². The molecule has 0 radical (unpaired) electrons. The molecule has 3 aromatic rings. The Morgan fingerprint density at radius 1 is 1.32 bits per heavy atom. The van der Waals surface area contributed by atoms with Crippen molar-refractivity contribution in [3.63, 3.8) is 0 Å². The summed E-state index contributed by atoms with van der Waals surface area (Å²) in [6, 6.07) is 4.81. The van der Waals surface area contributed by atoms with Crippen LogP contribution < -0.4 is 10.6 Å². The number of aromatic nitrogens is 4. The van der Waals surface area contributed by atoms with E-state index in [4.69, 9.17) is 0 Å². The van der Waals surface area contributed by atoms with Gasteiger partial charge in [0.1, 0.15) is 18.2 Å². The molecule has 0 bridgehead atoms. The number of benzene rings is 1. The Kier molecular flexibility index (Phi) is 6.87. The number of hydrogen-bond donors (Lipinski definition) is 3. The van der Waals surface area contributed by atoms with Gasteiger partial charge >= 0.3 is 0 Å². The van der Waals surface area contributed by atoms with Gasteiger partial charge in [0.15, 0.2) is 11.8 Å². The minimum Gasteiger partial charge on any atom is -0.361 e. The molecule has 1 aliphatic rings. The number of rotatable bonds is 6. The van der Waals surface area contributed by atoms with Crippen molar-refractivity contribution in [1.29, 1.82) is 0 Å². The number of guanidine groups is 1. The van der Waals surface area contributed by atoms with Crippen molar-refractivity contribution >= 4 is 40.8 Å². The molecule has 0 fully saturated rings. The molecule has 4 rings (SSSR count). The van der Waals surface area contributed by atoms with Crippen molar-refractivity contribution in [2.24, 2.45) is 4.99 Å². The first-order valence-electron chi connectivity index (χ1n) is 9.43. The predicted molar refractivity (Wildman–Crippen MR) is 119 cm³/mol. The normalized spacial score (nSPS) is 13.4. The van der Waals surface area contributed by atoms with E-state index in [1.807, 2.05) is 13.1 Å². The van der Waals surface area contributed by atoms with Gasteiger partial charge in [-0.15, -0.1) is 34.2 Å². The molecule has 2 aromatic heterocycles. The third-order valence-electron chi connectivity index (χ3n) is 4.83. The third kappa shape index (κ3) is 4.45. The van der Waals surface area contributed by atoms with Crippen molar-refractivity contribution in [2.75, 3.05) is 13.1 Å². The lowest BCUT2D eigenvalue weighted by molar-refractivity contribution is 0.629. The zero-order valence-corrected chi connectivity index (χ0v) is 18.2. The van der Waals surface area contributed by atoms with E-state index in [1.165, 1.54) is 6.07 Å². The lowest BCUT2D eigenvalue weighted by atomic mass is 10.1. The molecule has 150 valence electrons. The summed E-state index contributed by atoms with van der Waals surface area (Å²) < 4.78 is 15.7. The van der Waals surface area contributed by atoms with Crippen LogP contribution in [0.25, 0.3) is 10.9 Å². The topological polar surface area (TPSA) is 82.9 Å². The molecule has 1 aromatic carbocycles. The van der Waals surface area contributed by atoms with Gasteiger partial charge in [0.05, 0.1) is 0 Å². The predicted octanol–water partition coefficient (Wildman–Crippen LogP) is 2.76. The number of hydrogen-bond acceptors (Lipinski definition) is 3. The first-order chi connectivity index (χ1) is 13.2. The van der Waals surface area contributed by atoms with Gasteiger partial charge in [-0.2, -0.15) is 0 Å². The first-order valence-corrected chi connectivity index (χ1v) is 9.43. The number of H-pyrrole nitrogens is 1. The molecule has 3 N–H and O–H groups in total. The van der Waals surface area contributed by atoms with Crippen molar-refractivity contribution in [1.82, 2.24) is 30.4 Å². The first kappa shape index (κ1) is 20.6. The molecule has 7 nitrogen and oxygen atoms in total. The van der Waals surface area contributed by atoms with E-state index in [0.717, 1.165) is 66.4 Å². The number of aryl methyl sites for hydroxylation is 1. The van der Waals surface area contributed by atoms with Crippen LogP contribution in [0.4, 0.5) is 4.39 Å². The fourth-order valence-electron chi connectivity index (χ4n) is 3.49. The van der Waals surface area contributed by atoms with Gasteiger partial charge in [0, 0.05) is 43.2 Å². The van der Waals surface area contributed by atoms with Crippen LogP contribution in [0, 0.1) is 5.82 Å². The van der Waals surface area contributed by atoms with Gasteiger partial charge in [0.25, 0.3) is 0 Å². The standard InChI is InChI=1S/C19H24FN7.HI/c1-2-21-19(24-12-18-26-25-17-4-3-9-27(17)18)22-8-7-13-11-23-16-6-5-14(20)10-15(13)16;/h5-6,10-11,23H,2-4,7-9,12H2,1H3,(H2,21,22,24);1H. The Labute approximate surface area is 180 Å². The Balaban J connectivity index is 0.00000225. The number of aromatic amines is 1. The number of nitrogens with one attached hydrogen (secondary N) is 3. The quantitative estimate of drug-likeness (QED) is 0.278. The molecule has 0 atom stereocenters. The van der Waals surface area contributed by atoms with Crippen LogP contribution in [0.15, 0.2) is 29.4 Å². The zero-order valence-electron chi connectivity index (χ0n) is 15.8. The van der Waals surface area contributed by atoms with Gasteiger partial charge in [0.2, 0.25) is 0 Å². The smallest absolute Gasteiger partial charge is 0.191 e. The maximum atomic E-state index is 13.5. The Morgan fingerprint density at radius 2 is 2.21 bits per heavy atom. The maximum Gasteiger partial charge on any atom is 0.191 e. The summed E-state index contributed by atoms with van der Waals surface area (Å²) in [6.07, 6.45) is 4.84. The molecule has 28 heavy (non-hydrogen) atoms. The zero-order chi connectivity index (χ0) is 18.6. The van der Waals surface area contributed by atoms with Gasteiger partial charge in [-0.1, -0.05) is 0 Å². The van der Waals surface area contributed by atoms with E-state index in [9.17, 15) is 4.39 Å². The number of fused-ring (bicyclic) bond motifs is 2. The molecule has 0 saturated carbocycles. The van der Waals surface area contributed by atoms with Crippen LogP contribution in [-0.4, -0.2) is 38.8 Å². The minimum absolute atomic E-state index is 0. The number of halogens is 2. The van der Waals surface area contributed by atoms with Crippen molar-refractivity contribution < 1.29 is 4.39 Å². The van der Waals surface area contributed by atoms with Crippen LogP contribution in [0.5, 0.6) is 0 Å². The van der Waals surface area contributed by atoms with E-state index >= 15 is 0 Å². The van der Waals surface area contributed by atoms with E-state index in [1.54, 1.807) is 12.1 Å². The summed E-state index contributed by atoms with van der Waals surface area (Å²) in [5, 5.41) is 16.0. The highest BCUT2D eigenvalue weighted by Gasteiger charge is 2.16. The second kappa shape index (κ2) is 9.35. The third-order valence-corrected chi connectivity index (χ3v) is 4.83. The monoisotopic (exact) mass is 497 g/mol. The molecular formula is C19H25FIN7. The molecular weight excluding hydrogens is 472 g/mol. The molecule has 1 aliphatic heterocycles. The Hall–Kier alpha value is -2.17.